The number of halogens is 1. The summed E-state index contributed by atoms with van der Waals surface area (Å²) in [7, 11) is 3.70. The van der Waals surface area contributed by atoms with Crippen LogP contribution in [0.2, 0.25) is 0 Å². The van der Waals surface area contributed by atoms with Gasteiger partial charge in [0.15, 0.2) is 0 Å². The minimum absolute atomic E-state index is 0. The number of carbonyl (C=O) groups is 1. The fourth-order valence-corrected chi connectivity index (χ4v) is 3.27. The standard InChI is InChI=1S/C24H37NO2.HI/c1-19(13-14-22-21(3)12-9-16-24(22,4)5)10-8-11-20(2)15-17-27-23(26)18-25(6)7;/h8,10-11,13-15H,9,12,16-18H2,1-7H3;1H/b11-8+,14-13+,19-10+,20-15+;. The number of likely N-dealkylation sites (N-methyl/N-ethyl adjacent to an activating group) is 1. The highest BCUT2D eigenvalue weighted by Crippen LogP contribution is 2.40. The second-order valence-electron chi connectivity index (χ2n) is 8.40. The lowest BCUT2D eigenvalue weighted by Crippen LogP contribution is -2.23. The molecule has 0 radical (unpaired) electrons. The third-order valence-electron chi connectivity index (χ3n) is 4.87. The van der Waals surface area contributed by atoms with Gasteiger partial charge in [-0.25, -0.2) is 0 Å². The average molecular weight is 499 g/mol. The fraction of sp³-hybridized carbons (Fsp3) is 0.542. The molecule has 0 saturated carbocycles. The molecule has 0 spiro atoms. The van der Waals surface area contributed by atoms with E-state index in [-0.39, 0.29) is 35.4 Å². The van der Waals surface area contributed by atoms with Crippen molar-refractivity contribution in [3.8, 4) is 0 Å². The summed E-state index contributed by atoms with van der Waals surface area (Å²) in [6, 6.07) is 0. The van der Waals surface area contributed by atoms with Crippen LogP contribution in [0.4, 0.5) is 0 Å². The van der Waals surface area contributed by atoms with Gasteiger partial charge in [-0.3, -0.25) is 9.69 Å². The van der Waals surface area contributed by atoms with Gasteiger partial charge < -0.3 is 4.74 Å². The van der Waals surface area contributed by atoms with Crippen LogP contribution in [0.5, 0.6) is 0 Å². The minimum Gasteiger partial charge on any atom is -0.460 e. The Hall–Kier alpha value is -1.14. The molecular weight excluding hydrogens is 461 g/mol. The van der Waals surface area contributed by atoms with E-state index in [1.54, 1.807) is 4.90 Å². The molecule has 0 aromatic rings. The van der Waals surface area contributed by atoms with E-state index in [9.17, 15) is 4.79 Å². The van der Waals surface area contributed by atoms with Crippen molar-refractivity contribution in [1.29, 1.82) is 0 Å². The number of ether oxygens (including phenoxy) is 1. The van der Waals surface area contributed by atoms with Crippen molar-refractivity contribution in [3.63, 3.8) is 0 Å². The Bertz CT molecular complexity index is 664. The SMILES string of the molecule is CC1=C(/C=C/C(C)=C/C=C/C(C)=C/COC(=O)CN(C)C)C(C)(C)CCC1.I. The lowest BCUT2D eigenvalue weighted by Gasteiger charge is -2.32. The smallest absolute Gasteiger partial charge is 0.320 e. The summed E-state index contributed by atoms with van der Waals surface area (Å²) in [5.74, 6) is -0.204. The quantitative estimate of drug-likeness (QED) is 0.225. The van der Waals surface area contributed by atoms with Crippen molar-refractivity contribution in [2.75, 3.05) is 27.2 Å². The molecule has 28 heavy (non-hydrogen) atoms. The van der Waals surface area contributed by atoms with Crippen molar-refractivity contribution < 1.29 is 9.53 Å². The van der Waals surface area contributed by atoms with E-state index < -0.39 is 0 Å². The molecule has 1 rings (SSSR count). The molecule has 1 aliphatic rings. The number of rotatable bonds is 8. The normalized spacial score (nSPS) is 18.1. The summed E-state index contributed by atoms with van der Waals surface area (Å²) in [5, 5.41) is 0. The van der Waals surface area contributed by atoms with E-state index in [0.29, 0.717) is 13.2 Å². The average Bonchev–Trinajstić information content (AvgIpc) is 2.53. The van der Waals surface area contributed by atoms with Gasteiger partial charge >= 0.3 is 5.97 Å². The van der Waals surface area contributed by atoms with Crippen LogP contribution in [-0.2, 0) is 9.53 Å². The number of hydrogen-bond donors (Lipinski definition) is 0. The Morgan fingerprint density at radius 1 is 1.18 bits per heavy atom. The van der Waals surface area contributed by atoms with Crippen molar-refractivity contribution in [3.05, 3.63) is 58.7 Å². The van der Waals surface area contributed by atoms with Crippen LogP contribution >= 0.6 is 24.0 Å². The summed E-state index contributed by atoms with van der Waals surface area (Å²) >= 11 is 0. The van der Waals surface area contributed by atoms with Crippen LogP contribution in [0, 0.1) is 5.41 Å². The second kappa shape index (κ2) is 13.2. The molecule has 4 heteroatoms. The lowest BCUT2D eigenvalue weighted by molar-refractivity contribution is -0.143. The zero-order valence-corrected chi connectivity index (χ0v) is 21.0. The van der Waals surface area contributed by atoms with E-state index >= 15 is 0 Å². The molecule has 3 nitrogen and oxygen atoms in total. The predicted molar refractivity (Wildman–Crippen MR) is 131 cm³/mol. The summed E-state index contributed by atoms with van der Waals surface area (Å²) in [6.07, 6.45) is 16.4. The number of hydrogen-bond acceptors (Lipinski definition) is 3. The molecule has 0 aromatic heterocycles. The fourth-order valence-electron chi connectivity index (χ4n) is 3.27. The van der Waals surface area contributed by atoms with E-state index in [1.165, 1.54) is 36.0 Å². The molecule has 0 amide bonds. The van der Waals surface area contributed by atoms with E-state index in [4.69, 9.17) is 4.74 Å². The van der Waals surface area contributed by atoms with Crippen molar-refractivity contribution in [2.24, 2.45) is 5.41 Å². The highest BCUT2D eigenvalue weighted by Gasteiger charge is 2.26. The molecule has 1 aliphatic carbocycles. The van der Waals surface area contributed by atoms with E-state index in [0.717, 1.165) is 5.57 Å². The van der Waals surface area contributed by atoms with Crippen LogP contribution in [0.15, 0.2) is 58.7 Å². The Labute approximate surface area is 189 Å². The van der Waals surface area contributed by atoms with Crippen LogP contribution in [-0.4, -0.2) is 38.1 Å². The number of allylic oxidation sites excluding steroid dienone is 9. The number of nitrogens with zero attached hydrogens (tertiary/aromatic N) is 1. The predicted octanol–water partition coefficient (Wildman–Crippen LogP) is 6.24. The van der Waals surface area contributed by atoms with Crippen LogP contribution in [0.25, 0.3) is 0 Å². The maximum atomic E-state index is 11.5. The van der Waals surface area contributed by atoms with E-state index in [2.05, 4.69) is 45.9 Å². The molecule has 0 heterocycles. The van der Waals surface area contributed by atoms with Gasteiger partial charge in [0.2, 0.25) is 0 Å². The zero-order chi connectivity index (χ0) is 20.4. The molecule has 0 atom stereocenters. The second-order valence-corrected chi connectivity index (χ2v) is 8.40. The van der Waals surface area contributed by atoms with Gasteiger partial charge in [-0.2, -0.15) is 0 Å². The zero-order valence-electron chi connectivity index (χ0n) is 18.7. The van der Waals surface area contributed by atoms with Gasteiger partial charge in [0.25, 0.3) is 0 Å². The first kappa shape index (κ1) is 26.9. The molecule has 0 aromatic carbocycles. The first-order valence-electron chi connectivity index (χ1n) is 9.82. The van der Waals surface area contributed by atoms with Gasteiger partial charge in [-0.1, -0.05) is 60.9 Å². The highest BCUT2D eigenvalue weighted by molar-refractivity contribution is 14.0. The third kappa shape index (κ3) is 10.4. The van der Waals surface area contributed by atoms with Crippen molar-refractivity contribution in [2.45, 2.75) is 53.9 Å². The lowest BCUT2D eigenvalue weighted by atomic mass is 9.72. The molecular formula is C24H38INO2. The molecule has 0 fully saturated rings. The largest absolute Gasteiger partial charge is 0.460 e. The van der Waals surface area contributed by atoms with Gasteiger partial charge in [0.05, 0.1) is 6.54 Å². The monoisotopic (exact) mass is 499 g/mol. The molecule has 0 bridgehead atoms. The molecule has 0 unspecified atom stereocenters. The van der Waals surface area contributed by atoms with Gasteiger partial charge in [0.1, 0.15) is 6.61 Å². The van der Waals surface area contributed by atoms with Crippen LogP contribution in [0.1, 0.15) is 53.9 Å². The minimum atomic E-state index is -0.204. The Morgan fingerprint density at radius 2 is 1.86 bits per heavy atom. The highest BCUT2D eigenvalue weighted by atomic mass is 127. The Kier molecular flexibility index (Phi) is 12.6. The summed E-state index contributed by atoms with van der Waals surface area (Å²) < 4.78 is 5.16. The summed E-state index contributed by atoms with van der Waals surface area (Å²) in [6.45, 7) is 11.7. The van der Waals surface area contributed by atoms with Crippen LogP contribution in [0.3, 0.4) is 0 Å². The van der Waals surface area contributed by atoms with Crippen molar-refractivity contribution in [1.82, 2.24) is 4.90 Å². The Morgan fingerprint density at radius 3 is 2.46 bits per heavy atom. The Balaban J connectivity index is 0.00000729. The third-order valence-corrected chi connectivity index (χ3v) is 4.87. The van der Waals surface area contributed by atoms with Gasteiger partial charge in [0, 0.05) is 0 Å². The van der Waals surface area contributed by atoms with E-state index in [1.807, 2.05) is 39.2 Å². The molecule has 0 aliphatic heterocycles. The van der Waals surface area contributed by atoms with Gasteiger partial charge in [-0.15, -0.1) is 24.0 Å². The first-order valence-corrected chi connectivity index (χ1v) is 9.82. The topological polar surface area (TPSA) is 29.5 Å². The first-order chi connectivity index (χ1) is 12.6. The number of carbonyl (C=O) groups excluding carboxylic acids is 1. The molecule has 0 N–H and O–H groups in total. The van der Waals surface area contributed by atoms with Crippen molar-refractivity contribution >= 4 is 29.9 Å². The van der Waals surface area contributed by atoms with Gasteiger partial charge in [-0.05, 0) is 71.2 Å². The molecule has 158 valence electrons. The number of esters is 1. The maximum absolute atomic E-state index is 11.5. The maximum Gasteiger partial charge on any atom is 0.320 e. The molecule has 0 saturated heterocycles. The summed E-state index contributed by atoms with van der Waals surface area (Å²) in [4.78, 5) is 13.3. The van der Waals surface area contributed by atoms with Crippen LogP contribution < -0.4 is 0 Å². The summed E-state index contributed by atoms with van der Waals surface area (Å²) in [5.41, 5.74) is 5.58.